The van der Waals surface area contributed by atoms with Gasteiger partial charge in [0.2, 0.25) is 5.01 Å². The summed E-state index contributed by atoms with van der Waals surface area (Å²) in [6.45, 7) is 2.27. The van der Waals surface area contributed by atoms with Crippen LogP contribution in [0.4, 0.5) is 5.69 Å². The van der Waals surface area contributed by atoms with Crippen molar-refractivity contribution in [2.75, 3.05) is 11.9 Å². The van der Waals surface area contributed by atoms with Crippen molar-refractivity contribution < 1.29 is 14.0 Å². The first-order valence-electron chi connectivity index (χ1n) is 7.64. The second kappa shape index (κ2) is 7.71. The molecule has 3 aromatic rings. The number of carbonyl (C=O) groups is 2. The minimum atomic E-state index is -0.318. The first kappa shape index (κ1) is 16.8. The second-order valence-corrected chi connectivity index (χ2v) is 6.42. The molecular weight excluding hydrogens is 340 g/mol. The predicted molar refractivity (Wildman–Crippen MR) is 93.8 cm³/mol. The van der Waals surface area contributed by atoms with E-state index in [1.165, 1.54) is 11.3 Å². The van der Waals surface area contributed by atoms with E-state index in [1.807, 2.05) is 12.1 Å². The molecule has 2 heterocycles. The highest BCUT2D eigenvalue weighted by Crippen LogP contribution is 2.13. The van der Waals surface area contributed by atoms with Gasteiger partial charge in [-0.05, 0) is 43.3 Å². The zero-order chi connectivity index (χ0) is 17.6. The zero-order valence-corrected chi connectivity index (χ0v) is 14.3. The first-order chi connectivity index (χ1) is 12.1. The maximum atomic E-state index is 12.1. The number of hydrogen-bond acceptors (Lipinski definition) is 6. The molecule has 2 amide bonds. The van der Waals surface area contributed by atoms with Crippen molar-refractivity contribution in [1.82, 2.24) is 15.5 Å². The zero-order valence-electron chi connectivity index (χ0n) is 13.5. The van der Waals surface area contributed by atoms with Crippen LogP contribution in [0.2, 0.25) is 0 Å². The van der Waals surface area contributed by atoms with Crippen LogP contribution in [0.25, 0.3) is 0 Å². The summed E-state index contributed by atoms with van der Waals surface area (Å²) >= 11 is 1.22. The molecule has 0 spiro atoms. The Morgan fingerprint density at radius 2 is 1.92 bits per heavy atom. The van der Waals surface area contributed by atoms with E-state index in [4.69, 9.17) is 4.42 Å². The quantitative estimate of drug-likeness (QED) is 0.708. The first-order valence-corrected chi connectivity index (χ1v) is 8.45. The van der Waals surface area contributed by atoms with Crippen molar-refractivity contribution in [3.8, 4) is 0 Å². The number of aryl methyl sites for hydroxylation is 1. The van der Waals surface area contributed by atoms with Gasteiger partial charge in [0.25, 0.3) is 11.8 Å². The highest BCUT2D eigenvalue weighted by molar-refractivity contribution is 7.13. The summed E-state index contributed by atoms with van der Waals surface area (Å²) < 4.78 is 5.21. The van der Waals surface area contributed by atoms with Gasteiger partial charge >= 0.3 is 0 Å². The molecule has 25 heavy (non-hydrogen) atoms. The van der Waals surface area contributed by atoms with Gasteiger partial charge in [-0.15, -0.1) is 10.2 Å². The molecule has 0 aliphatic carbocycles. The van der Waals surface area contributed by atoms with Crippen LogP contribution in [0.3, 0.4) is 0 Å². The summed E-state index contributed by atoms with van der Waals surface area (Å²) in [6.07, 6.45) is 2.24. The molecule has 128 valence electrons. The van der Waals surface area contributed by atoms with Crippen molar-refractivity contribution >= 4 is 28.8 Å². The molecule has 3 rings (SSSR count). The number of nitrogens with zero attached hydrogens (tertiary/aromatic N) is 2. The number of carbonyl (C=O) groups excluding carboxylic acids is 2. The summed E-state index contributed by atoms with van der Waals surface area (Å²) in [5.74, 6) is 0.329. The Labute approximate surface area is 148 Å². The molecule has 0 bridgehead atoms. The average Bonchev–Trinajstić information content (AvgIpc) is 3.27. The normalized spacial score (nSPS) is 10.4. The molecular formula is C17H16N4O3S. The monoisotopic (exact) mass is 356 g/mol. The number of aromatic nitrogens is 2. The van der Waals surface area contributed by atoms with E-state index in [9.17, 15) is 9.59 Å². The van der Waals surface area contributed by atoms with E-state index in [1.54, 1.807) is 37.5 Å². The molecule has 0 atom stereocenters. The summed E-state index contributed by atoms with van der Waals surface area (Å²) in [6, 6.07) is 10.3. The Balaban J connectivity index is 1.52. The van der Waals surface area contributed by atoms with Gasteiger partial charge in [0.05, 0.1) is 6.26 Å². The largest absolute Gasteiger partial charge is 0.469 e. The summed E-state index contributed by atoms with van der Waals surface area (Å²) in [5, 5.41) is 14.2. The molecule has 0 radical (unpaired) electrons. The summed E-state index contributed by atoms with van der Waals surface area (Å²) in [7, 11) is 0. The Morgan fingerprint density at radius 3 is 2.56 bits per heavy atom. The average molecular weight is 356 g/mol. The van der Waals surface area contributed by atoms with Crippen molar-refractivity contribution in [3.63, 3.8) is 0 Å². The lowest BCUT2D eigenvalue weighted by molar-refractivity contribution is 0.0953. The maximum Gasteiger partial charge on any atom is 0.286 e. The molecule has 0 fully saturated rings. The Morgan fingerprint density at radius 1 is 1.12 bits per heavy atom. The van der Waals surface area contributed by atoms with Crippen LogP contribution in [0.15, 0.2) is 47.1 Å². The molecule has 1 aromatic carbocycles. The van der Waals surface area contributed by atoms with Crippen molar-refractivity contribution in [2.45, 2.75) is 13.3 Å². The van der Waals surface area contributed by atoms with Crippen molar-refractivity contribution in [1.29, 1.82) is 0 Å². The van der Waals surface area contributed by atoms with Gasteiger partial charge in [-0.25, -0.2) is 0 Å². The number of nitrogens with one attached hydrogen (secondary N) is 2. The van der Waals surface area contributed by atoms with Gasteiger partial charge in [-0.2, -0.15) is 0 Å². The maximum absolute atomic E-state index is 12.1. The number of anilines is 1. The van der Waals surface area contributed by atoms with Gasteiger partial charge < -0.3 is 15.1 Å². The molecule has 2 aromatic heterocycles. The standard InChI is InChI=1S/C17H16N4O3S/c1-11-20-21-17(25-11)16(23)19-13-6-4-12(5-7-13)15(22)18-9-8-14-3-2-10-24-14/h2-7,10H,8-9H2,1H3,(H,18,22)(H,19,23). The highest BCUT2D eigenvalue weighted by atomic mass is 32.1. The van der Waals surface area contributed by atoms with Gasteiger partial charge in [-0.1, -0.05) is 11.3 Å². The number of furan rings is 1. The van der Waals surface area contributed by atoms with Crippen molar-refractivity contribution in [2.24, 2.45) is 0 Å². The minimum Gasteiger partial charge on any atom is -0.469 e. The Bertz CT molecular complexity index is 856. The van der Waals surface area contributed by atoms with E-state index in [0.717, 1.165) is 10.8 Å². The predicted octanol–water partition coefficient (Wildman–Crippen LogP) is 2.66. The summed E-state index contributed by atoms with van der Waals surface area (Å²) in [4.78, 5) is 24.1. The lowest BCUT2D eigenvalue weighted by Gasteiger charge is -2.06. The van der Waals surface area contributed by atoms with Crippen LogP contribution in [-0.2, 0) is 6.42 Å². The van der Waals surface area contributed by atoms with E-state index >= 15 is 0 Å². The molecule has 0 aliphatic heterocycles. The van der Waals surface area contributed by atoms with Gasteiger partial charge in [-0.3, -0.25) is 9.59 Å². The van der Waals surface area contributed by atoms with Crippen LogP contribution < -0.4 is 10.6 Å². The molecule has 7 nitrogen and oxygen atoms in total. The van der Waals surface area contributed by atoms with E-state index in [-0.39, 0.29) is 11.8 Å². The third-order valence-electron chi connectivity index (χ3n) is 3.36. The van der Waals surface area contributed by atoms with E-state index in [0.29, 0.717) is 29.2 Å². The van der Waals surface area contributed by atoms with Crippen LogP contribution in [-0.4, -0.2) is 28.6 Å². The van der Waals surface area contributed by atoms with E-state index < -0.39 is 0 Å². The lowest BCUT2D eigenvalue weighted by atomic mass is 10.2. The molecule has 0 unspecified atom stereocenters. The number of hydrogen-bond donors (Lipinski definition) is 2. The van der Waals surface area contributed by atoms with Gasteiger partial charge in [0.1, 0.15) is 10.8 Å². The smallest absolute Gasteiger partial charge is 0.286 e. The van der Waals surface area contributed by atoms with Gasteiger partial charge in [0, 0.05) is 24.2 Å². The fourth-order valence-corrected chi connectivity index (χ4v) is 2.72. The molecule has 2 N–H and O–H groups in total. The number of amides is 2. The highest BCUT2D eigenvalue weighted by Gasteiger charge is 2.12. The van der Waals surface area contributed by atoms with Crippen LogP contribution in [0, 0.1) is 6.92 Å². The third kappa shape index (κ3) is 4.51. The number of benzene rings is 1. The topological polar surface area (TPSA) is 97.1 Å². The Kier molecular flexibility index (Phi) is 5.20. The minimum absolute atomic E-state index is 0.177. The van der Waals surface area contributed by atoms with Crippen LogP contribution >= 0.6 is 11.3 Å². The fraction of sp³-hybridized carbons (Fsp3) is 0.176. The van der Waals surface area contributed by atoms with Crippen molar-refractivity contribution in [3.05, 3.63) is 64.0 Å². The molecule has 0 saturated heterocycles. The molecule has 0 aliphatic rings. The fourth-order valence-electron chi connectivity index (χ4n) is 2.13. The second-order valence-electron chi connectivity index (χ2n) is 5.24. The molecule has 8 heteroatoms. The Hall–Kier alpha value is -3.00. The van der Waals surface area contributed by atoms with Crippen LogP contribution in [0.1, 0.15) is 30.9 Å². The number of rotatable bonds is 6. The van der Waals surface area contributed by atoms with Gasteiger partial charge in [0.15, 0.2) is 0 Å². The third-order valence-corrected chi connectivity index (χ3v) is 4.20. The lowest BCUT2D eigenvalue weighted by Crippen LogP contribution is -2.25. The van der Waals surface area contributed by atoms with E-state index in [2.05, 4.69) is 20.8 Å². The van der Waals surface area contributed by atoms with Crippen LogP contribution in [0.5, 0.6) is 0 Å². The summed E-state index contributed by atoms with van der Waals surface area (Å²) in [5.41, 5.74) is 1.11. The molecule has 0 saturated carbocycles. The SMILES string of the molecule is Cc1nnc(C(=O)Nc2ccc(C(=O)NCCc3ccco3)cc2)s1.